The van der Waals surface area contributed by atoms with E-state index in [4.69, 9.17) is 0 Å². The molecule has 96 valence electrons. The monoisotopic (exact) mass is 247 g/mol. The van der Waals surface area contributed by atoms with Crippen LogP contribution in [0.3, 0.4) is 0 Å². The van der Waals surface area contributed by atoms with E-state index in [2.05, 4.69) is 26.7 Å². The minimum Gasteiger partial charge on any atom is -0.314 e. The molecule has 1 aromatic carbocycles. The van der Waals surface area contributed by atoms with E-state index in [1.165, 1.54) is 0 Å². The van der Waals surface area contributed by atoms with Gasteiger partial charge in [-0.05, 0) is 25.0 Å². The number of amides is 2. The largest absolute Gasteiger partial charge is 0.330 e. The molecule has 0 bridgehead atoms. The van der Waals surface area contributed by atoms with E-state index in [1.807, 2.05) is 38.1 Å². The van der Waals surface area contributed by atoms with Gasteiger partial charge in [0.1, 0.15) is 6.17 Å². The van der Waals surface area contributed by atoms with Crippen LogP contribution in [0.1, 0.15) is 18.1 Å². The van der Waals surface area contributed by atoms with E-state index in [0.29, 0.717) is 0 Å². The molecule has 0 aliphatic carbocycles. The summed E-state index contributed by atoms with van der Waals surface area (Å²) in [5.41, 5.74) is 10.4. The van der Waals surface area contributed by atoms with Crippen LogP contribution in [0, 0.1) is 6.92 Å². The molecule has 2 unspecified atom stereocenters. The lowest BCUT2D eigenvalue weighted by Gasteiger charge is -2.30. The van der Waals surface area contributed by atoms with E-state index < -0.39 is 0 Å². The van der Waals surface area contributed by atoms with Crippen molar-refractivity contribution in [3.63, 3.8) is 0 Å². The first-order valence-corrected chi connectivity index (χ1v) is 5.83. The highest BCUT2D eigenvalue weighted by atomic mass is 16.2. The highest BCUT2D eigenvalue weighted by Gasteiger charge is 2.23. The number of nitrogens with zero attached hydrogens (tertiary/aromatic N) is 1. The number of nitrogens with one attached hydrogen (secondary N) is 4. The van der Waals surface area contributed by atoms with E-state index in [-0.39, 0.29) is 18.2 Å². The Labute approximate surface area is 106 Å². The molecule has 0 spiro atoms. The number of urea groups is 1. The third kappa shape index (κ3) is 2.98. The van der Waals surface area contributed by atoms with Gasteiger partial charge in [0.25, 0.3) is 0 Å². The number of hydrazine groups is 1. The lowest BCUT2D eigenvalue weighted by atomic mass is 10.1. The van der Waals surface area contributed by atoms with E-state index in [9.17, 15) is 4.79 Å². The summed E-state index contributed by atoms with van der Waals surface area (Å²) in [6.45, 7) is 3.96. The van der Waals surface area contributed by atoms with Crippen LogP contribution in [0.4, 0.5) is 4.79 Å². The highest BCUT2D eigenvalue weighted by Crippen LogP contribution is 2.03. The van der Waals surface area contributed by atoms with Crippen molar-refractivity contribution < 1.29 is 4.79 Å². The molecule has 2 atom stereocenters. The van der Waals surface area contributed by atoms with Crippen molar-refractivity contribution in [2.75, 3.05) is 0 Å². The minimum atomic E-state index is -0.267. The predicted molar refractivity (Wildman–Crippen MR) is 70.0 cm³/mol. The van der Waals surface area contributed by atoms with Crippen molar-refractivity contribution in [1.29, 1.82) is 0 Å². The summed E-state index contributed by atoms with van der Waals surface area (Å²) in [5.74, 6) is 0. The van der Waals surface area contributed by atoms with E-state index in [1.54, 1.807) is 6.21 Å². The quantitative estimate of drug-likeness (QED) is 0.462. The Kier molecular flexibility index (Phi) is 3.78. The first kappa shape index (κ1) is 12.4. The Bertz CT molecular complexity index is 460. The van der Waals surface area contributed by atoms with Crippen LogP contribution < -0.4 is 21.6 Å². The molecule has 1 aromatic rings. The van der Waals surface area contributed by atoms with Gasteiger partial charge in [-0.2, -0.15) is 5.10 Å². The zero-order valence-electron chi connectivity index (χ0n) is 10.4. The molecule has 1 heterocycles. The number of aryl methyl sites for hydroxylation is 1. The van der Waals surface area contributed by atoms with Gasteiger partial charge in [-0.3, -0.25) is 10.9 Å². The topological polar surface area (TPSA) is 77.5 Å². The second-order valence-corrected chi connectivity index (χ2v) is 4.25. The SMILES string of the molecule is Cc1ccccc1/C=N/NC1NC(=O)NNC1C. The average Bonchev–Trinajstić information content (AvgIpc) is 2.36. The first-order valence-electron chi connectivity index (χ1n) is 5.83. The molecule has 0 saturated carbocycles. The summed E-state index contributed by atoms with van der Waals surface area (Å²) in [6, 6.07) is 7.73. The van der Waals surface area contributed by atoms with Crippen LogP contribution in [-0.2, 0) is 0 Å². The Morgan fingerprint density at radius 3 is 2.94 bits per heavy atom. The molecule has 0 aromatic heterocycles. The number of hydrazone groups is 1. The molecule has 1 aliphatic heterocycles. The van der Waals surface area contributed by atoms with Crippen LogP contribution in [0.15, 0.2) is 29.4 Å². The molecule has 18 heavy (non-hydrogen) atoms. The third-order valence-corrected chi connectivity index (χ3v) is 2.81. The maximum Gasteiger partial charge on any atom is 0.330 e. The van der Waals surface area contributed by atoms with Gasteiger partial charge in [0.15, 0.2) is 0 Å². The fourth-order valence-electron chi connectivity index (χ4n) is 1.63. The van der Waals surface area contributed by atoms with Crippen LogP contribution in [0.5, 0.6) is 0 Å². The zero-order valence-corrected chi connectivity index (χ0v) is 10.4. The number of benzene rings is 1. The minimum absolute atomic E-state index is 0.0386. The van der Waals surface area contributed by atoms with Gasteiger partial charge >= 0.3 is 6.03 Å². The first-order chi connectivity index (χ1) is 8.66. The Morgan fingerprint density at radius 1 is 1.39 bits per heavy atom. The van der Waals surface area contributed by atoms with Gasteiger partial charge in [-0.15, -0.1) is 0 Å². The number of hydrogen-bond acceptors (Lipinski definition) is 4. The smallest absolute Gasteiger partial charge is 0.314 e. The van der Waals surface area contributed by atoms with Crippen LogP contribution in [0.2, 0.25) is 0 Å². The summed E-state index contributed by atoms with van der Waals surface area (Å²) >= 11 is 0. The molecule has 6 heteroatoms. The van der Waals surface area contributed by atoms with E-state index in [0.717, 1.165) is 11.1 Å². The fourth-order valence-corrected chi connectivity index (χ4v) is 1.63. The average molecular weight is 247 g/mol. The summed E-state index contributed by atoms with van der Waals surface area (Å²) in [4.78, 5) is 11.1. The highest BCUT2D eigenvalue weighted by molar-refractivity contribution is 5.81. The maximum absolute atomic E-state index is 11.1. The predicted octanol–water partition coefficient (Wildman–Crippen LogP) is 0.451. The van der Waals surface area contributed by atoms with E-state index >= 15 is 0 Å². The Hall–Kier alpha value is -2.08. The number of carbonyl (C=O) groups excluding carboxylic acids is 1. The molecule has 1 saturated heterocycles. The van der Waals surface area contributed by atoms with Crippen molar-refractivity contribution in [3.8, 4) is 0 Å². The summed E-state index contributed by atoms with van der Waals surface area (Å²) in [5, 5.41) is 6.88. The van der Waals surface area contributed by atoms with Crippen LogP contribution in [-0.4, -0.2) is 24.5 Å². The molecular formula is C12H17N5O. The maximum atomic E-state index is 11.1. The van der Waals surface area contributed by atoms with Gasteiger partial charge in [-0.1, -0.05) is 24.3 Å². The van der Waals surface area contributed by atoms with Crippen molar-refractivity contribution in [1.82, 2.24) is 21.6 Å². The van der Waals surface area contributed by atoms with Crippen molar-refractivity contribution in [2.24, 2.45) is 5.10 Å². The van der Waals surface area contributed by atoms with Gasteiger partial charge in [0.2, 0.25) is 0 Å². The molecule has 0 radical (unpaired) electrons. The zero-order chi connectivity index (χ0) is 13.0. The van der Waals surface area contributed by atoms with Gasteiger partial charge in [0, 0.05) is 0 Å². The van der Waals surface area contributed by atoms with Gasteiger partial charge < -0.3 is 5.32 Å². The second kappa shape index (κ2) is 5.50. The standard InChI is InChI=1S/C12H17N5O/c1-8-5-3-4-6-10(8)7-13-16-11-9(2)15-17-12(18)14-11/h3-7,9,11,15-16H,1-2H3,(H2,14,17,18)/b13-7+. The number of rotatable bonds is 3. The summed E-state index contributed by atoms with van der Waals surface area (Å²) in [7, 11) is 0. The molecule has 4 N–H and O–H groups in total. The summed E-state index contributed by atoms with van der Waals surface area (Å²) in [6.07, 6.45) is 1.51. The molecule has 1 fully saturated rings. The Balaban J connectivity index is 1.94. The number of hydrogen-bond donors (Lipinski definition) is 4. The van der Waals surface area contributed by atoms with Crippen LogP contribution in [0.25, 0.3) is 0 Å². The second-order valence-electron chi connectivity index (χ2n) is 4.25. The van der Waals surface area contributed by atoms with Crippen molar-refractivity contribution >= 4 is 12.2 Å². The van der Waals surface area contributed by atoms with Crippen molar-refractivity contribution in [3.05, 3.63) is 35.4 Å². The molecule has 1 aliphatic rings. The fraction of sp³-hybridized carbons (Fsp3) is 0.333. The normalized spacial score (nSPS) is 23.6. The molecule has 6 nitrogen and oxygen atoms in total. The lowest BCUT2D eigenvalue weighted by Crippen LogP contribution is -2.67. The van der Waals surface area contributed by atoms with Gasteiger partial charge in [0.05, 0.1) is 12.3 Å². The summed E-state index contributed by atoms with van der Waals surface area (Å²) < 4.78 is 0. The number of carbonyl (C=O) groups is 1. The Morgan fingerprint density at radius 2 is 2.17 bits per heavy atom. The third-order valence-electron chi connectivity index (χ3n) is 2.81. The van der Waals surface area contributed by atoms with Gasteiger partial charge in [-0.25, -0.2) is 10.2 Å². The lowest BCUT2D eigenvalue weighted by molar-refractivity contribution is 0.202. The molecular weight excluding hydrogens is 230 g/mol. The molecule has 2 rings (SSSR count). The van der Waals surface area contributed by atoms with Crippen molar-refractivity contribution in [2.45, 2.75) is 26.1 Å². The molecule has 2 amide bonds. The van der Waals surface area contributed by atoms with Crippen LogP contribution >= 0.6 is 0 Å².